The zero-order valence-corrected chi connectivity index (χ0v) is 9.57. The fourth-order valence-corrected chi connectivity index (χ4v) is 2.54. The summed E-state index contributed by atoms with van der Waals surface area (Å²) in [4.78, 5) is 8.80. The lowest BCUT2D eigenvalue weighted by Gasteiger charge is -2.14. The summed E-state index contributed by atoms with van der Waals surface area (Å²) in [5, 5.41) is 0. The molecule has 0 N–H and O–H groups in total. The third kappa shape index (κ3) is 1.60. The van der Waals surface area contributed by atoms with Gasteiger partial charge in [-0.3, -0.25) is 4.99 Å². The van der Waals surface area contributed by atoms with Crippen LogP contribution in [0.25, 0.3) is 0 Å². The van der Waals surface area contributed by atoms with E-state index in [1.807, 2.05) is 19.2 Å². The number of fused-ring (bicyclic) bond motifs is 1. The number of pyridine rings is 1. The lowest BCUT2D eigenvalue weighted by atomic mass is 10.1. The SMILES string of the molecule is CC1=NCc2ccnc(OC3CCCC3)c21. The standard InChI is InChI=1S/C13H16N2O/c1-9-12-10(8-15-9)6-7-14-13(12)16-11-4-2-3-5-11/h6-7,11H,2-5,8H2,1H3. The lowest BCUT2D eigenvalue weighted by molar-refractivity contribution is 0.201. The van der Waals surface area contributed by atoms with Gasteiger partial charge in [0.05, 0.1) is 12.1 Å². The first-order chi connectivity index (χ1) is 7.84. The molecule has 0 amide bonds. The maximum Gasteiger partial charge on any atom is 0.223 e. The lowest BCUT2D eigenvalue weighted by Crippen LogP contribution is -2.14. The van der Waals surface area contributed by atoms with E-state index in [0.717, 1.165) is 23.7 Å². The number of rotatable bonds is 2. The Labute approximate surface area is 95.6 Å². The van der Waals surface area contributed by atoms with Gasteiger partial charge in [-0.2, -0.15) is 0 Å². The number of aromatic nitrogens is 1. The predicted molar refractivity (Wildman–Crippen MR) is 63.0 cm³/mol. The number of nitrogens with zero attached hydrogens (tertiary/aromatic N) is 2. The van der Waals surface area contributed by atoms with Crippen LogP contribution in [0.5, 0.6) is 5.88 Å². The second kappa shape index (κ2) is 3.89. The van der Waals surface area contributed by atoms with Crippen LogP contribution in [0.2, 0.25) is 0 Å². The van der Waals surface area contributed by atoms with Crippen LogP contribution in [-0.4, -0.2) is 16.8 Å². The maximum absolute atomic E-state index is 6.00. The second-order valence-electron chi connectivity index (χ2n) is 4.58. The van der Waals surface area contributed by atoms with Gasteiger partial charge in [-0.1, -0.05) is 0 Å². The Kier molecular flexibility index (Phi) is 2.39. The largest absolute Gasteiger partial charge is 0.474 e. The van der Waals surface area contributed by atoms with Crippen molar-refractivity contribution < 1.29 is 4.74 Å². The van der Waals surface area contributed by atoms with Crippen LogP contribution in [0.4, 0.5) is 0 Å². The summed E-state index contributed by atoms with van der Waals surface area (Å²) in [6.45, 7) is 2.82. The minimum atomic E-state index is 0.368. The van der Waals surface area contributed by atoms with Crippen LogP contribution in [-0.2, 0) is 6.54 Å². The molecule has 0 saturated heterocycles. The van der Waals surface area contributed by atoms with E-state index < -0.39 is 0 Å². The molecule has 0 aromatic carbocycles. The Bertz CT molecular complexity index is 434. The summed E-state index contributed by atoms with van der Waals surface area (Å²) in [6.07, 6.45) is 7.10. The molecule has 0 unspecified atom stereocenters. The molecule has 1 aromatic rings. The van der Waals surface area contributed by atoms with E-state index in [2.05, 4.69) is 9.98 Å². The van der Waals surface area contributed by atoms with E-state index in [-0.39, 0.29) is 0 Å². The average molecular weight is 216 g/mol. The third-order valence-electron chi connectivity index (χ3n) is 3.43. The summed E-state index contributed by atoms with van der Waals surface area (Å²) in [6, 6.07) is 2.04. The highest BCUT2D eigenvalue weighted by molar-refractivity contribution is 6.03. The second-order valence-corrected chi connectivity index (χ2v) is 4.58. The van der Waals surface area contributed by atoms with Gasteiger partial charge in [0.2, 0.25) is 5.88 Å². The van der Waals surface area contributed by atoms with Gasteiger partial charge in [0.1, 0.15) is 6.10 Å². The van der Waals surface area contributed by atoms with Gasteiger partial charge in [0.25, 0.3) is 0 Å². The smallest absolute Gasteiger partial charge is 0.223 e. The van der Waals surface area contributed by atoms with Crippen molar-refractivity contribution in [3.63, 3.8) is 0 Å². The molecule has 0 atom stereocenters. The van der Waals surface area contributed by atoms with Crippen molar-refractivity contribution in [3.8, 4) is 5.88 Å². The number of aliphatic imine (C=N–C) groups is 1. The average Bonchev–Trinajstić information content (AvgIpc) is 2.90. The van der Waals surface area contributed by atoms with Crippen molar-refractivity contribution in [1.29, 1.82) is 0 Å². The summed E-state index contributed by atoms with van der Waals surface area (Å²) in [5.74, 6) is 0.795. The molecule has 2 aliphatic rings. The van der Waals surface area contributed by atoms with Gasteiger partial charge >= 0.3 is 0 Å². The first-order valence-electron chi connectivity index (χ1n) is 6.00. The van der Waals surface area contributed by atoms with Gasteiger partial charge in [0.15, 0.2) is 0 Å². The first kappa shape index (κ1) is 9.82. The molecule has 3 heteroatoms. The highest BCUT2D eigenvalue weighted by Crippen LogP contribution is 2.29. The van der Waals surface area contributed by atoms with Crippen LogP contribution in [0.15, 0.2) is 17.3 Å². The Balaban J connectivity index is 1.89. The quantitative estimate of drug-likeness (QED) is 0.761. The topological polar surface area (TPSA) is 34.5 Å². The van der Waals surface area contributed by atoms with Crippen molar-refractivity contribution in [3.05, 3.63) is 23.4 Å². The van der Waals surface area contributed by atoms with E-state index in [1.165, 1.54) is 31.2 Å². The zero-order chi connectivity index (χ0) is 11.0. The van der Waals surface area contributed by atoms with E-state index in [1.54, 1.807) is 0 Å². The Morgan fingerprint density at radius 2 is 2.12 bits per heavy atom. The zero-order valence-electron chi connectivity index (χ0n) is 9.57. The van der Waals surface area contributed by atoms with Crippen molar-refractivity contribution in [2.75, 3.05) is 0 Å². The maximum atomic E-state index is 6.00. The Morgan fingerprint density at radius 3 is 2.94 bits per heavy atom. The summed E-state index contributed by atoms with van der Waals surface area (Å²) in [7, 11) is 0. The Morgan fingerprint density at radius 1 is 1.31 bits per heavy atom. The number of hydrogen-bond acceptors (Lipinski definition) is 3. The summed E-state index contributed by atoms with van der Waals surface area (Å²) < 4.78 is 6.00. The van der Waals surface area contributed by atoms with Gasteiger partial charge in [-0.05, 0) is 44.2 Å². The van der Waals surface area contributed by atoms with Crippen LogP contribution < -0.4 is 4.74 Å². The molecule has 1 aromatic heterocycles. The van der Waals surface area contributed by atoms with E-state index in [0.29, 0.717) is 6.10 Å². The van der Waals surface area contributed by atoms with Crippen LogP contribution in [0, 0.1) is 0 Å². The molecule has 3 rings (SSSR count). The molecule has 1 saturated carbocycles. The van der Waals surface area contributed by atoms with Crippen LogP contribution in [0.1, 0.15) is 43.7 Å². The summed E-state index contributed by atoms with van der Waals surface area (Å²) >= 11 is 0. The van der Waals surface area contributed by atoms with Crippen molar-refractivity contribution in [1.82, 2.24) is 4.98 Å². The summed E-state index contributed by atoms with van der Waals surface area (Å²) in [5.41, 5.74) is 3.45. The third-order valence-corrected chi connectivity index (χ3v) is 3.43. The van der Waals surface area contributed by atoms with Gasteiger partial charge in [-0.25, -0.2) is 4.98 Å². The molecule has 16 heavy (non-hydrogen) atoms. The molecular formula is C13H16N2O. The van der Waals surface area contributed by atoms with Crippen molar-refractivity contribution in [2.24, 2.45) is 4.99 Å². The first-order valence-corrected chi connectivity index (χ1v) is 6.00. The number of ether oxygens (including phenoxy) is 1. The minimum Gasteiger partial charge on any atom is -0.474 e. The molecule has 1 aliphatic carbocycles. The molecule has 0 radical (unpaired) electrons. The molecular weight excluding hydrogens is 200 g/mol. The Hall–Kier alpha value is -1.38. The van der Waals surface area contributed by atoms with Crippen molar-refractivity contribution >= 4 is 5.71 Å². The monoisotopic (exact) mass is 216 g/mol. The van der Waals surface area contributed by atoms with Gasteiger partial charge in [-0.15, -0.1) is 0 Å². The molecule has 1 aliphatic heterocycles. The van der Waals surface area contributed by atoms with Gasteiger partial charge in [0, 0.05) is 11.9 Å². The minimum absolute atomic E-state index is 0.368. The molecule has 0 spiro atoms. The van der Waals surface area contributed by atoms with E-state index >= 15 is 0 Å². The number of hydrogen-bond donors (Lipinski definition) is 0. The van der Waals surface area contributed by atoms with Gasteiger partial charge < -0.3 is 4.74 Å². The molecule has 84 valence electrons. The molecule has 3 nitrogen and oxygen atoms in total. The highest BCUT2D eigenvalue weighted by Gasteiger charge is 2.22. The predicted octanol–water partition coefficient (Wildman–Crippen LogP) is 2.73. The van der Waals surface area contributed by atoms with Crippen molar-refractivity contribution in [2.45, 2.75) is 45.3 Å². The molecule has 2 heterocycles. The normalized spacial score (nSPS) is 19.7. The highest BCUT2D eigenvalue weighted by atomic mass is 16.5. The molecule has 1 fully saturated rings. The fourth-order valence-electron chi connectivity index (χ4n) is 2.54. The fraction of sp³-hybridized carbons (Fsp3) is 0.538. The van der Waals surface area contributed by atoms with E-state index in [9.17, 15) is 0 Å². The molecule has 0 bridgehead atoms. The van der Waals surface area contributed by atoms with E-state index in [4.69, 9.17) is 4.74 Å². The van der Waals surface area contributed by atoms with Crippen LogP contribution >= 0.6 is 0 Å². The van der Waals surface area contributed by atoms with Crippen LogP contribution in [0.3, 0.4) is 0 Å².